The molecule has 0 bridgehead atoms. The monoisotopic (exact) mass is 350 g/mol. The van der Waals surface area contributed by atoms with Gasteiger partial charge in [0.1, 0.15) is 12.1 Å². The maximum absolute atomic E-state index is 5.16. The van der Waals surface area contributed by atoms with Crippen LogP contribution in [0, 0.1) is 0 Å². The molecule has 0 fully saturated rings. The zero-order chi connectivity index (χ0) is 15.1. The van der Waals surface area contributed by atoms with Crippen molar-refractivity contribution in [1.29, 1.82) is 0 Å². The van der Waals surface area contributed by atoms with Crippen molar-refractivity contribution in [2.45, 2.75) is 24.1 Å². The SMILES string of the molecule is COc1ccc(CCC(Br)Cc2cc(OC)ncn2)cc1. The number of benzene rings is 1. The zero-order valence-corrected chi connectivity index (χ0v) is 13.8. The minimum Gasteiger partial charge on any atom is -0.497 e. The molecule has 0 N–H and O–H groups in total. The number of alkyl halides is 1. The summed E-state index contributed by atoms with van der Waals surface area (Å²) in [6.07, 6.45) is 4.45. The van der Waals surface area contributed by atoms with Gasteiger partial charge in [-0.15, -0.1) is 0 Å². The van der Waals surface area contributed by atoms with Gasteiger partial charge in [0.05, 0.1) is 14.2 Å². The lowest BCUT2D eigenvalue weighted by Crippen LogP contribution is -2.06. The topological polar surface area (TPSA) is 44.2 Å². The van der Waals surface area contributed by atoms with Gasteiger partial charge in [0.25, 0.3) is 0 Å². The summed E-state index contributed by atoms with van der Waals surface area (Å²) in [5.41, 5.74) is 2.29. The fraction of sp³-hybridized carbons (Fsp3) is 0.375. The van der Waals surface area contributed by atoms with E-state index < -0.39 is 0 Å². The highest BCUT2D eigenvalue weighted by Gasteiger charge is 2.08. The molecule has 0 radical (unpaired) electrons. The maximum atomic E-state index is 5.16. The highest BCUT2D eigenvalue weighted by atomic mass is 79.9. The van der Waals surface area contributed by atoms with Crippen LogP contribution in [0.5, 0.6) is 11.6 Å². The highest BCUT2D eigenvalue weighted by Crippen LogP contribution is 2.18. The largest absolute Gasteiger partial charge is 0.497 e. The van der Waals surface area contributed by atoms with Gasteiger partial charge in [0.15, 0.2) is 0 Å². The van der Waals surface area contributed by atoms with Crippen molar-refractivity contribution in [2.75, 3.05) is 14.2 Å². The van der Waals surface area contributed by atoms with E-state index in [-0.39, 0.29) is 0 Å². The van der Waals surface area contributed by atoms with Crippen LogP contribution >= 0.6 is 15.9 Å². The highest BCUT2D eigenvalue weighted by molar-refractivity contribution is 9.09. The standard InChI is InChI=1S/C16H19BrN2O2/c1-20-15-7-4-12(5-8-15)3-6-13(17)9-14-10-16(21-2)19-11-18-14/h4-5,7-8,10-11,13H,3,6,9H2,1-2H3. The van der Waals surface area contributed by atoms with Crippen LogP contribution in [0.15, 0.2) is 36.7 Å². The molecule has 2 aromatic rings. The molecule has 5 heteroatoms. The lowest BCUT2D eigenvalue weighted by atomic mass is 10.1. The van der Waals surface area contributed by atoms with Crippen molar-refractivity contribution in [2.24, 2.45) is 0 Å². The van der Waals surface area contributed by atoms with Crippen molar-refractivity contribution >= 4 is 15.9 Å². The molecule has 1 aromatic carbocycles. The van der Waals surface area contributed by atoms with Gasteiger partial charge >= 0.3 is 0 Å². The first-order valence-corrected chi connectivity index (χ1v) is 7.74. The maximum Gasteiger partial charge on any atom is 0.216 e. The minimum absolute atomic E-state index is 0.374. The predicted octanol–water partition coefficient (Wildman–Crippen LogP) is 3.43. The van der Waals surface area contributed by atoms with Crippen LogP contribution in [-0.4, -0.2) is 29.0 Å². The van der Waals surface area contributed by atoms with Crippen LogP contribution in [0.1, 0.15) is 17.7 Å². The molecule has 0 aliphatic carbocycles. The van der Waals surface area contributed by atoms with Gasteiger partial charge < -0.3 is 9.47 Å². The molecule has 21 heavy (non-hydrogen) atoms. The van der Waals surface area contributed by atoms with E-state index in [4.69, 9.17) is 9.47 Å². The average molecular weight is 351 g/mol. The third-order valence-electron chi connectivity index (χ3n) is 3.24. The second kappa shape index (κ2) is 7.98. The Morgan fingerprint density at radius 3 is 2.52 bits per heavy atom. The number of aromatic nitrogens is 2. The van der Waals surface area contributed by atoms with E-state index in [0.717, 1.165) is 30.7 Å². The van der Waals surface area contributed by atoms with E-state index in [1.807, 2.05) is 18.2 Å². The molecular formula is C16H19BrN2O2. The van der Waals surface area contributed by atoms with Crippen LogP contribution in [-0.2, 0) is 12.8 Å². The number of aryl methyl sites for hydroxylation is 1. The molecule has 112 valence electrons. The number of halogens is 1. The number of hydrogen-bond acceptors (Lipinski definition) is 4. The lowest BCUT2D eigenvalue weighted by molar-refractivity contribution is 0.396. The number of hydrogen-bond donors (Lipinski definition) is 0. The van der Waals surface area contributed by atoms with E-state index >= 15 is 0 Å². The molecule has 0 amide bonds. The molecule has 0 aliphatic rings. The summed E-state index contributed by atoms with van der Waals surface area (Å²) in [4.78, 5) is 8.66. The Morgan fingerprint density at radius 2 is 1.86 bits per heavy atom. The van der Waals surface area contributed by atoms with Crippen molar-refractivity contribution in [3.8, 4) is 11.6 Å². The third-order valence-corrected chi connectivity index (χ3v) is 4.03. The summed E-state index contributed by atoms with van der Waals surface area (Å²) < 4.78 is 10.3. The van der Waals surface area contributed by atoms with Crippen LogP contribution in [0.4, 0.5) is 0 Å². The van der Waals surface area contributed by atoms with E-state index in [1.54, 1.807) is 14.2 Å². The number of rotatable bonds is 7. The second-order valence-electron chi connectivity index (χ2n) is 4.74. The first-order chi connectivity index (χ1) is 10.2. The summed E-state index contributed by atoms with van der Waals surface area (Å²) in [6, 6.07) is 10.1. The molecular weight excluding hydrogens is 332 g/mol. The third kappa shape index (κ3) is 5.01. The molecule has 1 aromatic heterocycles. The van der Waals surface area contributed by atoms with Crippen molar-refractivity contribution in [3.05, 3.63) is 47.9 Å². The summed E-state index contributed by atoms with van der Waals surface area (Å²) in [5, 5.41) is 0. The van der Waals surface area contributed by atoms with E-state index in [0.29, 0.717) is 10.7 Å². The van der Waals surface area contributed by atoms with Gasteiger partial charge in [0.2, 0.25) is 5.88 Å². The smallest absolute Gasteiger partial charge is 0.216 e. The van der Waals surface area contributed by atoms with Crippen LogP contribution < -0.4 is 9.47 Å². The van der Waals surface area contributed by atoms with Crippen LogP contribution in [0.2, 0.25) is 0 Å². The fourth-order valence-corrected chi connectivity index (χ4v) is 2.61. The van der Waals surface area contributed by atoms with Gasteiger partial charge in [-0.3, -0.25) is 0 Å². The summed E-state index contributed by atoms with van der Waals surface area (Å²) in [5.74, 6) is 1.50. The van der Waals surface area contributed by atoms with Gasteiger partial charge in [0, 0.05) is 23.0 Å². The Hall–Kier alpha value is -1.62. The van der Waals surface area contributed by atoms with Crippen LogP contribution in [0.25, 0.3) is 0 Å². The van der Waals surface area contributed by atoms with Crippen LogP contribution in [0.3, 0.4) is 0 Å². The van der Waals surface area contributed by atoms with Crippen molar-refractivity contribution in [3.63, 3.8) is 0 Å². The Bertz CT molecular complexity index is 560. The molecule has 2 rings (SSSR count). The average Bonchev–Trinajstić information content (AvgIpc) is 2.53. The summed E-state index contributed by atoms with van der Waals surface area (Å²) in [6.45, 7) is 0. The van der Waals surface area contributed by atoms with Gasteiger partial charge in [-0.05, 0) is 30.5 Å². The van der Waals surface area contributed by atoms with E-state index in [1.165, 1.54) is 11.9 Å². The fourth-order valence-electron chi connectivity index (χ4n) is 2.04. The predicted molar refractivity (Wildman–Crippen MR) is 86.3 cm³/mol. The molecule has 1 unspecified atom stereocenters. The lowest BCUT2D eigenvalue weighted by Gasteiger charge is -2.10. The van der Waals surface area contributed by atoms with E-state index in [9.17, 15) is 0 Å². The normalized spacial score (nSPS) is 12.0. The summed E-state index contributed by atoms with van der Waals surface area (Å²) >= 11 is 3.72. The van der Waals surface area contributed by atoms with Crippen molar-refractivity contribution < 1.29 is 9.47 Å². The Kier molecular flexibility index (Phi) is 5.99. The Labute approximate surface area is 133 Å². The first kappa shape index (κ1) is 15.8. The van der Waals surface area contributed by atoms with Gasteiger partial charge in [-0.2, -0.15) is 0 Å². The molecule has 0 saturated heterocycles. The molecule has 0 aliphatic heterocycles. The molecule has 1 atom stereocenters. The van der Waals surface area contributed by atoms with Gasteiger partial charge in [-0.1, -0.05) is 28.1 Å². The molecule has 4 nitrogen and oxygen atoms in total. The first-order valence-electron chi connectivity index (χ1n) is 6.83. The molecule has 0 saturated carbocycles. The zero-order valence-electron chi connectivity index (χ0n) is 12.3. The Balaban J connectivity index is 1.84. The number of nitrogens with zero attached hydrogens (tertiary/aromatic N) is 2. The number of methoxy groups -OCH3 is 2. The quantitative estimate of drug-likeness (QED) is 0.717. The second-order valence-corrected chi connectivity index (χ2v) is 6.03. The molecule has 1 heterocycles. The van der Waals surface area contributed by atoms with Crippen molar-refractivity contribution in [1.82, 2.24) is 9.97 Å². The molecule has 0 spiro atoms. The minimum atomic E-state index is 0.374. The Morgan fingerprint density at radius 1 is 1.10 bits per heavy atom. The number of ether oxygens (including phenoxy) is 2. The van der Waals surface area contributed by atoms with E-state index in [2.05, 4.69) is 38.0 Å². The van der Waals surface area contributed by atoms with Gasteiger partial charge in [-0.25, -0.2) is 9.97 Å². The summed E-state index contributed by atoms with van der Waals surface area (Å²) in [7, 11) is 3.29.